The second kappa shape index (κ2) is 9.48. The number of likely N-dealkylation sites (tertiary alicyclic amines) is 1. The quantitative estimate of drug-likeness (QED) is 0.802. The first-order valence-corrected chi connectivity index (χ1v) is 8.83. The summed E-state index contributed by atoms with van der Waals surface area (Å²) in [5, 5.41) is 3.47. The highest BCUT2D eigenvalue weighted by Crippen LogP contribution is 2.38. The summed E-state index contributed by atoms with van der Waals surface area (Å²) in [5.74, 6) is 1.46. The van der Waals surface area contributed by atoms with Crippen molar-refractivity contribution < 1.29 is 14.3 Å². The van der Waals surface area contributed by atoms with Crippen molar-refractivity contribution in [2.24, 2.45) is 11.7 Å². The maximum absolute atomic E-state index is 12.1. The number of fused-ring (bicyclic) bond motifs is 1. The molecule has 8 heteroatoms. The van der Waals surface area contributed by atoms with E-state index >= 15 is 0 Å². The van der Waals surface area contributed by atoms with Gasteiger partial charge in [-0.3, -0.25) is 9.69 Å². The molecule has 0 radical (unpaired) electrons. The Balaban J connectivity index is 0.00000225. The van der Waals surface area contributed by atoms with E-state index in [9.17, 15) is 4.79 Å². The van der Waals surface area contributed by atoms with Crippen molar-refractivity contribution >= 4 is 29.9 Å². The summed E-state index contributed by atoms with van der Waals surface area (Å²) in [6, 6.07) is 3.91. The molecule has 0 saturated carbocycles. The molecule has 0 spiro atoms. The summed E-state index contributed by atoms with van der Waals surface area (Å²) in [7, 11) is 0. The van der Waals surface area contributed by atoms with E-state index in [1.165, 1.54) is 0 Å². The van der Waals surface area contributed by atoms with Crippen LogP contribution >= 0.6 is 24.0 Å². The van der Waals surface area contributed by atoms with Gasteiger partial charge in [0.2, 0.25) is 5.91 Å². The zero-order chi connectivity index (χ0) is 16.9. The monoisotopic (exact) mass is 389 g/mol. The standard InChI is InChI=1S/C17H24ClN3O3.ClH/c18-14-8-12(9-15-16(14)24-7-6-23-15)10-21-5-1-2-13(11-21)17(22)20-4-3-19;/h8-9,13H,1-7,10-11,19H2,(H,20,22);1H. The Morgan fingerprint density at radius 1 is 1.36 bits per heavy atom. The molecule has 2 aliphatic rings. The molecular weight excluding hydrogens is 365 g/mol. The molecule has 1 amide bonds. The van der Waals surface area contributed by atoms with Crippen molar-refractivity contribution in [1.82, 2.24) is 10.2 Å². The molecule has 3 rings (SSSR count). The average molecular weight is 390 g/mol. The lowest BCUT2D eigenvalue weighted by Gasteiger charge is -2.32. The number of nitrogens with zero attached hydrogens (tertiary/aromatic N) is 1. The summed E-state index contributed by atoms with van der Waals surface area (Å²) >= 11 is 6.30. The van der Waals surface area contributed by atoms with Crippen LogP contribution in [-0.4, -0.2) is 50.2 Å². The summed E-state index contributed by atoms with van der Waals surface area (Å²) < 4.78 is 11.2. The molecule has 140 valence electrons. The molecule has 1 unspecified atom stereocenters. The third kappa shape index (κ3) is 5.14. The van der Waals surface area contributed by atoms with Crippen molar-refractivity contribution in [3.63, 3.8) is 0 Å². The van der Waals surface area contributed by atoms with E-state index in [0.717, 1.165) is 38.0 Å². The Labute approximate surface area is 159 Å². The first kappa shape index (κ1) is 20.1. The number of amides is 1. The van der Waals surface area contributed by atoms with Crippen molar-refractivity contribution in [2.45, 2.75) is 19.4 Å². The maximum atomic E-state index is 12.1. The van der Waals surface area contributed by atoms with E-state index in [1.807, 2.05) is 12.1 Å². The smallest absolute Gasteiger partial charge is 0.224 e. The number of carbonyl (C=O) groups excluding carboxylic acids is 1. The van der Waals surface area contributed by atoms with Gasteiger partial charge in [-0.05, 0) is 37.1 Å². The molecule has 2 aliphatic heterocycles. The van der Waals surface area contributed by atoms with Crippen LogP contribution in [0.2, 0.25) is 5.02 Å². The number of benzene rings is 1. The highest BCUT2D eigenvalue weighted by molar-refractivity contribution is 6.32. The van der Waals surface area contributed by atoms with Gasteiger partial charge in [0.1, 0.15) is 13.2 Å². The minimum absolute atomic E-state index is 0. The SMILES string of the molecule is Cl.NCCNC(=O)C1CCCN(Cc2cc(Cl)c3c(c2)OCCO3)C1. The first-order valence-electron chi connectivity index (χ1n) is 8.45. The molecule has 25 heavy (non-hydrogen) atoms. The summed E-state index contributed by atoms with van der Waals surface area (Å²) in [6.45, 7) is 4.55. The van der Waals surface area contributed by atoms with Crippen LogP contribution < -0.4 is 20.5 Å². The average Bonchev–Trinajstić information content (AvgIpc) is 2.60. The number of piperidine rings is 1. The van der Waals surface area contributed by atoms with Gasteiger partial charge in [0.05, 0.1) is 10.9 Å². The fourth-order valence-corrected chi connectivity index (χ4v) is 3.55. The zero-order valence-electron chi connectivity index (χ0n) is 14.1. The molecule has 3 N–H and O–H groups in total. The van der Waals surface area contributed by atoms with Crippen molar-refractivity contribution in [2.75, 3.05) is 39.4 Å². The number of carbonyl (C=O) groups is 1. The number of halogens is 2. The molecular formula is C17H25Cl2N3O3. The van der Waals surface area contributed by atoms with Crippen LogP contribution in [0.25, 0.3) is 0 Å². The molecule has 2 heterocycles. The molecule has 1 fully saturated rings. The third-order valence-corrected chi connectivity index (χ3v) is 4.66. The van der Waals surface area contributed by atoms with E-state index in [4.69, 9.17) is 26.8 Å². The lowest BCUT2D eigenvalue weighted by Crippen LogP contribution is -2.43. The van der Waals surface area contributed by atoms with Crippen molar-refractivity contribution in [3.8, 4) is 11.5 Å². The molecule has 0 bridgehead atoms. The van der Waals surface area contributed by atoms with Gasteiger partial charge in [-0.1, -0.05) is 11.6 Å². The van der Waals surface area contributed by atoms with E-state index in [2.05, 4.69) is 10.2 Å². The van der Waals surface area contributed by atoms with E-state index < -0.39 is 0 Å². The minimum Gasteiger partial charge on any atom is -0.486 e. The lowest BCUT2D eigenvalue weighted by molar-refractivity contribution is -0.126. The maximum Gasteiger partial charge on any atom is 0.224 e. The van der Waals surface area contributed by atoms with Gasteiger partial charge >= 0.3 is 0 Å². The van der Waals surface area contributed by atoms with Gasteiger partial charge in [0, 0.05) is 26.2 Å². The van der Waals surface area contributed by atoms with Gasteiger partial charge in [-0.25, -0.2) is 0 Å². The zero-order valence-corrected chi connectivity index (χ0v) is 15.7. The normalized spacial score (nSPS) is 19.8. The second-order valence-electron chi connectivity index (χ2n) is 6.26. The van der Waals surface area contributed by atoms with E-state index in [-0.39, 0.29) is 24.2 Å². The van der Waals surface area contributed by atoms with E-state index in [1.54, 1.807) is 0 Å². The number of hydrogen-bond acceptors (Lipinski definition) is 5. The Kier molecular flexibility index (Phi) is 7.62. The topological polar surface area (TPSA) is 76.8 Å². The van der Waals surface area contributed by atoms with Crippen LogP contribution in [-0.2, 0) is 11.3 Å². The largest absolute Gasteiger partial charge is 0.486 e. The summed E-state index contributed by atoms with van der Waals surface area (Å²) in [4.78, 5) is 14.4. The third-order valence-electron chi connectivity index (χ3n) is 4.38. The van der Waals surface area contributed by atoms with Crippen LogP contribution in [0.3, 0.4) is 0 Å². The van der Waals surface area contributed by atoms with Crippen LogP contribution in [0.4, 0.5) is 0 Å². The number of nitrogens with two attached hydrogens (primary N) is 1. The Bertz CT molecular complexity index is 601. The Morgan fingerprint density at radius 3 is 2.96 bits per heavy atom. The molecule has 1 saturated heterocycles. The second-order valence-corrected chi connectivity index (χ2v) is 6.66. The number of ether oxygens (including phenoxy) is 2. The lowest BCUT2D eigenvalue weighted by atomic mass is 9.96. The Morgan fingerprint density at radius 2 is 2.16 bits per heavy atom. The van der Waals surface area contributed by atoms with Gasteiger partial charge in [0.15, 0.2) is 11.5 Å². The first-order chi connectivity index (χ1) is 11.7. The van der Waals surface area contributed by atoms with Gasteiger partial charge in [-0.15, -0.1) is 12.4 Å². The van der Waals surface area contributed by atoms with E-state index in [0.29, 0.717) is 42.8 Å². The fraction of sp³-hybridized carbons (Fsp3) is 0.588. The molecule has 1 atom stereocenters. The number of hydrogen-bond donors (Lipinski definition) is 2. The molecule has 6 nitrogen and oxygen atoms in total. The fourth-order valence-electron chi connectivity index (χ4n) is 3.27. The predicted molar refractivity (Wildman–Crippen MR) is 99.8 cm³/mol. The van der Waals surface area contributed by atoms with Crippen molar-refractivity contribution in [1.29, 1.82) is 0 Å². The molecule has 0 aliphatic carbocycles. The highest BCUT2D eigenvalue weighted by Gasteiger charge is 2.26. The molecule has 1 aromatic rings. The minimum atomic E-state index is 0. The van der Waals surface area contributed by atoms with Crippen LogP contribution in [0.15, 0.2) is 12.1 Å². The van der Waals surface area contributed by atoms with Gasteiger partial charge < -0.3 is 20.5 Å². The number of nitrogens with one attached hydrogen (secondary N) is 1. The van der Waals surface area contributed by atoms with Crippen molar-refractivity contribution in [3.05, 3.63) is 22.7 Å². The van der Waals surface area contributed by atoms with Crippen LogP contribution in [0.1, 0.15) is 18.4 Å². The Hall–Kier alpha value is -1.21. The van der Waals surface area contributed by atoms with Gasteiger partial charge in [0.25, 0.3) is 0 Å². The molecule has 1 aromatic carbocycles. The van der Waals surface area contributed by atoms with Crippen LogP contribution in [0, 0.1) is 5.92 Å². The van der Waals surface area contributed by atoms with Crippen LogP contribution in [0.5, 0.6) is 11.5 Å². The predicted octanol–water partition coefficient (Wildman–Crippen LogP) is 1.82. The summed E-state index contributed by atoms with van der Waals surface area (Å²) in [6.07, 6.45) is 1.94. The molecule has 0 aromatic heterocycles. The van der Waals surface area contributed by atoms with Gasteiger partial charge in [-0.2, -0.15) is 0 Å². The highest BCUT2D eigenvalue weighted by atomic mass is 35.5. The number of rotatable bonds is 5. The summed E-state index contributed by atoms with van der Waals surface area (Å²) in [5.41, 5.74) is 6.52.